The second kappa shape index (κ2) is 3.34. The van der Waals surface area contributed by atoms with Crippen LogP contribution in [0.2, 0.25) is 0 Å². The molecule has 0 fully saturated rings. The molecule has 4 N–H and O–H groups in total. The number of aliphatic imine (C=N–C) groups is 1. The van der Waals surface area contributed by atoms with Gasteiger partial charge < -0.3 is 16.2 Å². The largest absolute Gasteiger partial charge is 0.480 e. The third-order valence-electron chi connectivity index (χ3n) is 1.58. The molecular formula is C6H11N3O2. The molecule has 1 rings (SSSR count). The van der Waals surface area contributed by atoms with Crippen LogP contribution in [0.4, 0.5) is 0 Å². The van der Waals surface area contributed by atoms with Crippen molar-refractivity contribution in [3.05, 3.63) is 0 Å². The van der Waals surface area contributed by atoms with E-state index in [2.05, 4.69) is 10.3 Å². The summed E-state index contributed by atoms with van der Waals surface area (Å²) in [7, 11) is 0. The Hall–Kier alpha value is -1.10. The first-order valence-corrected chi connectivity index (χ1v) is 3.43. The zero-order valence-corrected chi connectivity index (χ0v) is 6.03. The van der Waals surface area contributed by atoms with Crippen LogP contribution >= 0.6 is 0 Å². The average molecular weight is 157 g/mol. The van der Waals surface area contributed by atoms with Crippen molar-refractivity contribution in [2.75, 3.05) is 6.54 Å². The number of nitrogens with two attached hydrogens (primary N) is 1. The SMILES string of the molecule is N[C@@H](CC1CN=CN1)C(=O)O. The van der Waals surface area contributed by atoms with E-state index in [1.54, 1.807) is 6.34 Å². The highest BCUT2D eigenvalue weighted by Gasteiger charge is 2.19. The van der Waals surface area contributed by atoms with Gasteiger partial charge in [0.2, 0.25) is 0 Å². The predicted molar refractivity (Wildman–Crippen MR) is 40.5 cm³/mol. The van der Waals surface area contributed by atoms with Crippen LogP contribution in [0.25, 0.3) is 0 Å². The Labute approximate surface area is 64.3 Å². The highest BCUT2D eigenvalue weighted by atomic mass is 16.4. The minimum Gasteiger partial charge on any atom is -0.480 e. The van der Waals surface area contributed by atoms with Crippen molar-refractivity contribution in [2.24, 2.45) is 10.7 Å². The van der Waals surface area contributed by atoms with Gasteiger partial charge >= 0.3 is 5.97 Å². The summed E-state index contributed by atoms with van der Waals surface area (Å²) in [5, 5.41) is 11.4. The summed E-state index contributed by atoms with van der Waals surface area (Å²) in [4.78, 5) is 14.2. The van der Waals surface area contributed by atoms with E-state index in [9.17, 15) is 4.79 Å². The first kappa shape index (κ1) is 8.00. The second-order valence-corrected chi connectivity index (χ2v) is 2.54. The zero-order valence-electron chi connectivity index (χ0n) is 6.03. The molecular weight excluding hydrogens is 146 g/mol. The van der Waals surface area contributed by atoms with Crippen LogP contribution < -0.4 is 11.1 Å². The smallest absolute Gasteiger partial charge is 0.320 e. The van der Waals surface area contributed by atoms with Crippen molar-refractivity contribution in [1.29, 1.82) is 0 Å². The van der Waals surface area contributed by atoms with Gasteiger partial charge in [0.15, 0.2) is 0 Å². The van der Waals surface area contributed by atoms with E-state index in [0.717, 1.165) is 0 Å². The van der Waals surface area contributed by atoms with E-state index < -0.39 is 12.0 Å². The summed E-state index contributed by atoms with van der Waals surface area (Å²) in [6, 6.07) is -0.685. The highest BCUT2D eigenvalue weighted by molar-refractivity contribution is 5.73. The fourth-order valence-corrected chi connectivity index (χ4v) is 0.941. The second-order valence-electron chi connectivity index (χ2n) is 2.54. The van der Waals surface area contributed by atoms with E-state index in [4.69, 9.17) is 10.8 Å². The van der Waals surface area contributed by atoms with E-state index in [1.165, 1.54) is 0 Å². The van der Waals surface area contributed by atoms with Gasteiger partial charge in [-0.2, -0.15) is 0 Å². The summed E-state index contributed by atoms with van der Waals surface area (Å²) in [6.07, 6.45) is 2.01. The van der Waals surface area contributed by atoms with Crippen LogP contribution in [0.3, 0.4) is 0 Å². The molecule has 5 heteroatoms. The molecule has 62 valence electrons. The number of carboxylic acid groups (broad SMARTS) is 1. The van der Waals surface area contributed by atoms with Gasteiger partial charge in [0.05, 0.1) is 12.9 Å². The molecule has 5 nitrogen and oxygen atoms in total. The predicted octanol–water partition coefficient (Wildman–Crippen LogP) is -1.21. The number of nitrogens with zero attached hydrogens (tertiary/aromatic N) is 1. The lowest BCUT2D eigenvalue weighted by Gasteiger charge is -2.11. The quantitative estimate of drug-likeness (QED) is 0.479. The van der Waals surface area contributed by atoms with Gasteiger partial charge in [-0.05, 0) is 6.42 Å². The molecule has 0 spiro atoms. The summed E-state index contributed by atoms with van der Waals surface area (Å²) < 4.78 is 0. The Morgan fingerprint density at radius 3 is 3.18 bits per heavy atom. The molecule has 0 saturated carbocycles. The summed E-state index contributed by atoms with van der Waals surface area (Å²) in [5.74, 6) is -0.960. The lowest BCUT2D eigenvalue weighted by molar-refractivity contribution is -0.138. The molecule has 0 aromatic heterocycles. The van der Waals surface area contributed by atoms with Gasteiger partial charge in [-0.15, -0.1) is 0 Å². The zero-order chi connectivity index (χ0) is 8.27. The molecule has 0 aromatic carbocycles. The highest BCUT2D eigenvalue weighted by Crippen LogP contribution is 1.99. The Morgan fingerprint density at radius 2 is 2.73 bits per heavy atom. The van der Waals surface area contributed by atoms with Crippen LogP contribution in [0, 0.1) is 0 Å². The van der Waals surface area contributed by atoms with E-state index in [1.807, 2.05) is 0 Å². The number of hydrogen-bond donors (Lipinski definition) is 3. The number of rotatable bonds is 3. The molecule has 0 bridgehead atoms. The van der Waals surface area contributed by atoms with Crippen molar-refractivity contribution in [2.45, 2.75) is 18.5 Å². The molecule has 0 aliphatic carbocycles. The molecule has 1 heterocycles. The van der Waals surface area contributed by atoms with Crippen molar-refractivity contribution in [3.8, 4) is 0 Å². The maximum Gasteiger partial charge on any atom is 0.320 e. The van der Waals surface area contributed by atoms with Gasteiger partial charge in [0, 0.05) is 6.04 Å². The molecule has 0 saturated heterocycles. The molecule has 0 radical (unpaired) electrons. The number of carboxylic acids is 1. The van der Waals surface area contributed by atoms with E-state index in [-0.39, 0.29) is 6.04 Å². The topological polar surface area (TPSA) is 87.7 Å². The Bertz CT molecular complexity index is 173. The van der Waals surface area contributed by atoms with Gasteiger partial charge in [0.1, 0.15) is 6.04 Å². The Kier molecular flexibility index (Phi) is 2.43. The van der Waals surface area contributed by atoms with Crippen molar-refractivity contribution in [1.82, 2.24) is 5.32 Å². The van der Waals surface area contributed by atoms with Gasteiger partial charge in [-0.1, -0.05) is 0 Å². The van der Waals surface area contributed by atoms with Gasteiger partial charge in [-0.25, -0.2) is 0 Å². The molecule has 1 aliphatic rings. The van der Waals surface area contributed by atoms with Crippen LogP contribution in [-0.2, 0) is 4.79 Å². The molecule has 11 heavy (non-hydrogen) atoms. The molecule has 0 aromatic rings. The lowest BCUT2D eigenvalue weighted by atomic mass is 10.1. The minimum atomic E-state index is -0.960. The van der Waals surface area contributed by atoms with Gasteiger partial charge in [0.25, 0.3) is 0 Å². The van der Waals surface area contributed by atoms with Crippen LogP contribution in [0.5, 0.6) is 0 Å². The third kappa shape index (κ3) is 2.19. The fraction of sp³-hybridized carbons (Fsp3) is 0.667. The maximum atomic E-state index is 10.3. The normalized spacial score (nSPS) is 24.6. The summed E-state index contributed by atoms with van der Waals surface area (Å²) in [6.45, 7) is 0.626. The molecule has 1 unspecified atom stereocenters. The lowest BCUT2D eigenvalue weighted by Crippen LogP contribution is -2.38. The monoisotopic (exact) mass is 157 g/mol. The van der Waals surface area contributed by atoms with Crippen molar-refractivity contribution < 1.29 is 9.90 Å². The van der Waals surface area contributed by atoms with Crippen molar-refractivity contribution in [3.63, 3.8) is 0 Å². The number of carbonyl (C=O) groups is 1. The Morgan fingerprint density at radius 1 is 2.00 bits per heavy atom. The number of aliphatic carboxylic acids is 1. The molecule has 2 atom stereocenters. The van der Waals surface area contributed by atoms with E-state index >= 15 is 0 Å². The first-order chi connectivity index (χ1) is 5.20. The summed E-state index contributed by atoms with van der Waals surface area (Å²) >= 11 is 0. The third-order valence-corrected chi connectivity index (χ3v) is 1.58. The number of nitrogens with one attached hydrogen (secondary N) is 1. The first-order valence-electron chi connectivity index (χ1n) is 3.43. The van der Waals surface area contributed by atoms with Crippen molar-refractivity contribution >= 4 is 12.3 Å². The number of hydrogen-bond acceptors (Lipinski definition) is 4. The summed E-state index contributed by atoms with van der Waals surface area (Å²) in [5.41, 5.74) is 5.30. The average Bonchev–Trinajstić information content (AvgIpc) is 2.39. The minimum absolute atomic E-state index is 0.0982. The van der Waals surface area contributed by atoms with Crippen LogP contribution in [0.1, 0.15) is 6.42 Å². The molecule has 1 aliphatic heterocycles. The fourth-order valence-electron chi connectivity index (χ4n) is 0.941. The van der Waals surface area contributed by atoms with Crippen LogP contribution in [0.15, 0.2) is 4.99 Å². The van der Waals surface area contributed by atoms with E-state index in [0.29, 0.717) is 13.0 Å². The van der Waals surface area contributed by atoms with Crippen LogP contribution in [-0.4, -0.2) is 36.0 Å². The Balaban J connectivity index is 2.25. The van der Waals surface area contributed by atoms with Gasteiger partial charge in [-0.3, -0.25) is 9.79 Å². The molecule has 0 amide bonds. The maximum absolute atomic E-state index is 10.3. The standard InChI is InChI=1S/C6H11N3O2/c7-5(6(10)11)1-4-2-8-3-9-4/h3-5H,1-2,7H2,(H,8,9)(H,10,11)/t4?,5-/m0/s1.